The van der Waals surface area contributed by atoms with Crippen LogP contribution in [0, 0.1) is 6.92 Å². The van der Waals surface area contributed by atoms with E-state index >= 15 is 0 Å². The summed E-state index contributed by atoms with van der Waals surface area (Å²) in [6.07, 6.45) is 5.62. The number of carbonyl (C=O) groups excluding carboxylic acids is 1. The van der Waals surface area contributed by atoms with Gasteiger partial charge in [-0.3, -0.25) is 4.79 Å². The van der Waals surface area contributed by atoms with Gasteiger partial charge in [0.15, 0.2) is 5.76 Å². The molecule has 0 aromatic carbocycles. The van der Waals surface area contributed by atoms with E-state index in [0.717, 1.165) is 17.7 Å². The van der Waals surface area contributed by atoms with Crippen LogP contribution < -0.4 is 5.32 Å². The van der Waals surface area contributed by atoms with E-state index < -0.39 is 10.0 Å². The predicted octanol–water partition coefficient (Wildman–Crippen LogP) is 3.35. The Morgan fingerprint density at radius 2 is 2.08 bits per heavy atom. The molecule has 0 aliphatic carbocycles. The summed E-state index contributed by atoms with van der Waals surface area (Å²) >= 11 is 1.21. The maximum atomic E-state index is 12.6. The lowest BCUT2D eigenvalue weighted by atomic mass is 10.2. The summed E-state index contributed by atoms with van der Waals surface area (Å²) in [5.74, 6) is 0.308. The van der Waals surface area contributed by atoms with Gasteiger partial charge in [0.25, 0.3) is 10.0 Å². The fourth-order valence-corrected chi connectivity index (χ4v) is 5.56. The molecule has 0 saturated carbocycles. The number of carbonyl (C=O) groups is 1. The number of hydrogen-bond acceptors (Lipinski definition) is 6. The Morgan fingerprint density at radius 1 is 1.35 bits per heavy atom. The van der Waals surface area contributed by atoms with Gasteiger partial charge < -0.3 is 9.84 Å². The molecule has 0 unspecified atom stereocenters. The monoisotopic (exact) mass is 395 g/mol. The van der Waals surface area contributed by atoms with Gasteiger partial charge in [-0.05, 0) is 44.1 Å². The number of aryl methyl sites for hydroxylation is 1. The van der Waals surface area contributed by atoms with E-state index in [0.29, 0.717) is 40.9 Å². The summed E-state index contributed by atoms with van der Waals surface area (Å²) in [4.78, 5) is 12.4. The Kier molecular flexibility index (Phi) is 5.59. The first-order chi connectivity index (χ1) is 12.4. The summed E-state index contributed by atoms with van der Waals surface area (Å²) < 4.78 is 32.3. The molecule has 0 bridgehead atoms. The molecule has 3 rings (SSSR count). The Balaban J connectivity index is 1.78. The number of thiophene rings is 1. The zero-order valence-corrected chi connectivity index (χ0v) is 16.3. The lowest BCUT2D eigenvalue weighted by Crippen LogP contribution is -2.27. The van der Waals surface area contributed by atoms with Gasteiger partial charge in [0.1, 0.15) is 15.6 Å². The maximum absolute atomic E-state index is 12.6. The van der Waals surface area contributed by atoms with E-state index in [1.807, 2.05) is 0 Å². The van der Waals surface area contributed by atoms with E-state index in [2.05, 4.69) is 10.5 Å². The van der Waals surface area contributed by atoms with Gasteiger partial charge in [0, 0.05) is 24.4 Å². The first kappa shape index (κ1) is 18.8. The molecule has 1 N–H and O–H groups in total. The van der Waals surface area contributed by atoms with Crippen molar-refractivity contribution in [3.8, 4) is 0 Å². The third kappa shape index (κ3) is 3.89. The molecule has 9 heteroatoms. The van der Waals surface area contributed by atoms with Crippen LogP contribution in [0.5, 0.6) is 0 Å². The van der Waals surface area contributed by atoms with Crippen LogP contribution >= 0.6 is 11.3 Å². The number of nitrogens with one attached hydrogen (secondary N) is 1. The van der Waals surface area contributed by atoms with Crippen molar-refractivity contribution in [1.29, 1.82) is 0 Å². The van der Waals surface area contributed by atoms with E-state index in [4.69, 9.17) is 4.52 Å². The van der Waals surface area contributed by atoms with Crippen molar-refractivity contribution in [3.05, 3.63) is 28.5 Å². The van der Waals surface area contributed by atoms with Crippen LogP contribution in [0.4, 0.5) is 5.69 Å². The Hall–Kier alpha value is -1.97. The largest absolute Gasteiger partial charge is 0.354 e. The number of amides is 1. The molecule has 1 amide bonds. The highest BCUT2D eigenvalue weighted by Crippen LogP contribution is 2.29. The number of nitrogens with zero attached hydrogens (tertiary/aromatic N) is 2. The second-order valence-corrected chi connectivity index (χ2v) is 9.29. The number of hydrogen-bond donors (Lipinski definition) is 1. The maximum Gasteiger partial charge on any atom is 0.252 e. The fraction of sp³-hybridized carbons (Fsp3) is 0.412. The molecule has 0 spiro atoms. The quantitative estimate of drug-likeness (QED) is 0.810. The van der Waals surface area contributed by atoms with Crippen molar-refractivity contribution in [3.63, 3.8) is 0 Å². The smallest absolute Gasteiger partial charge is 0.252 e. The minimum atomic E-state index is -3.40. The van der Waals surface area contributed by atoms with Crippen LogP contribution in [-0.4, -0.2) is 36.9 Å². The van der Waals surface area contributed by atoms with Crippen LogP contribution in [0.25, 0.3) is 12.2 Å². The van der Waals surface area contributed by atoms with Crippen molar-refractivity contribution in [2.75, 3.05) is 18.4 Å². The fourth-order valence-electron chi connectivity index (χ4n) is 2.66. The van der Waals surface area contributed by atoms with E-state index in [9.17, 15) is 13.2 Å². The number of rotatable bonds is 6. The lowest BCUT2D eigenvalue weighted by Gasteiger charge is -2.13. The van der Waals surface area contributed by atoms with Crippen molar-refractivity contribution in [2.45, 2.75) is 37.3 Å². The molecule has 1 aliphatic rings. The highest BCUT2D eigenvalue weighted by molar-refractivity contribution is 7.91. The van der Waals surface area contributed by atoms with Gasteiger partial charge in [-0.2, -0.15) is 4.31 Å². The average Bonchev–Trinajstić information content (AvgIpc) is 3.35. The first-order valence-corrected chi connectivity index (χ1v) is 10.7. The SMILES string of the molecule is CCC(=O)Nc1c(C)noc1/C=C/c1ccc(S(=O)(=O)N2CCCC2)s1. The highest BCUT2D eigenvalue weighted by Gasteiger charge is 2.28. The Bertz CT molecular complexity index is 922. The van der Waals surface area contributed by atoms with E-state index in [1.165, 1.54) is 15.6 Å². The van der Waals surface area contributed by atoms with Gasteiger partial charge >= 0.3 is 0 Å². The molecule has 1 fully saturated rings. The van der Waals surface area contributed by atoms with Crippen molar-refractivity contribution >= 4 is 45.1 Å². The second-order valence-electron chi connectivity index (χ2n) is 6.01. The summed E-state index contributed by atoms with van der Waals surface area (Å²) in [7, 11) is -3.40. The summed E-state index contributed by atoms with van der Waals surface area (Å²) in [6.45, 7) is 4.69. The molecule has 140 valence electrons. The second kappa shape index (κ2) is 7.73. The predicted molar refractivity (Wildman–Crippen MR) is 101 cm³/mol. The summed E-state index contributed by atoms with van der Waals surface area (Å²) in [6, 6.07) is 3.39. The zero-order valence-electron chi connectivity index (χ0n) is 14.7. The Morgan fingerprint density at radius 3 is 2.77 bits per heavy atom. The van der Waals surface area contributed by atoms with Gasteiger partial charge in [-0.1, -0.05) is 12.1 Å². The molecule has 3 heterocycles. The summed E-state index contributed by atoms with van der Waals surface area (Å²) in [5.41, 5.74) is 1.13. The van der Waals surface area contributed by atoms with Crippen LogP contribution in [0.3, 0.4) is 0 Å². The number of aromatic nitrogens is 1. The highest BCUT2D eigenvalue weighted by atomic mass is 32.2. The van der Waals surface area contributed by atoms with Crippen molar-refractivity contribution in [2.24, 2.45) is 0 Å². The number of anilines is 1. The minimum Gasteiger partial charge on any atom is -0.354 e. The molecule has 1 saturated heterocycles. The molecule has 2 aromatic heterocycles. The standard InChI is InChI=1S/C17H21N3O4S2/c1-3-15(21)18-17-12(2)19-24-14(17)8-6-13-7-9-16(25-13)26(22,23)20-10-4-5-11-20/h6-9H,3-5,10-11H2,1-2H3,(H,18,21)/b8-6+. The lowest BCUT2D eigenvalue weighted by molar-refractivity contribution is -0.115. The molecular weight excluding hydrogens is 374 g/mol. The first-order valence-electron chi connectivity index (χ1n) is 8.46. The van der Waals surface area contributed by atoms with E-state index in [1.54, 1.807) is 38.1 Å². The number of sulfonamides is 1. The molecule has 0 radical (unpaired) electrons. The Labute approximate surface area is 156 Å². The van der Waals surface area contributed by atoms with Gasteiger partial charge in [-0.25, -0.2) is 8.42 Å². The minimum absolute atomic E-state index is 0.124. The van der Waals surface area contributed by atoms with Crippen LogP contribution in [0.15, 0.2) is 20.9 Å². The molecule has 1 aliphatic heterocycles. The van der Waals surface area contributed by atoms with E-state index in [-0.39, 0.29) is 5.91 Å². The third-order valence-corrected chi connectivity index (χ3v) is 7.55. The topological polar surface area (TPSA) is 92.5 Å². The normalized spacial score (nSPS) is 15.8. The van der Waals surface area contributed by atoms with Crippen molar-refractivity contribution in [1.82, 2.24) is 9.46 Å². The van der Waals surface area contributed by atoms with Crippen molar-refractivity contribution < 1.29 is 17.7 Å². The van der Waals surface area contributed by atoms with Gasteiger partial charge in [0.2, 0.25) is 5.91 Å². The molecule has 7 nitrogen and oxygen atoms in total. The summed E-state index contributed by atoms with van der Waals surface area (Å²) in [5, 5.41) is 6.64. The van der Waals surface area contributed by atoms with Gasteiger partial charge in [0.05, 0.1) is 0 Å². The van der Waals surface area contributed by atoms with Crippen LogP contribution in [0.2, 0.25) is 0 Å². The van der Waals surface area contributed by atoms with Crippen LogP contribution in [-0.2, 0) is 14.8 Å². The molecule has 26 heavy (non-hydrogen) atoms. The molecule has 0 atom stereocenters. The zero-order chi connectivity index (χ0) is 18.7. The average molecular weight is 396 g/mol. The molecule has 2 aromatic rings. The third-order valence-electron chi connectivity index (χ3n) is 4.13. The van der Waals surface area contributed by atoms with Crippen LogP contribution in [0.1, 0.15) is 42.5 Å². The van der Waals surface area contributed by atoms with Gasteiger partial charge in [-0.15, -0.1) is 11.3 Å². The molecular formula is C17H21N3O4S2.